The second kappa shape index (κ2) is 14.6. The van der Waals surface area contributed by atoms with Crippen molar-refractivity contribution in [2.24, 2.45) is 0 Å². The van der Waals surface area contributed by atoms with Crippen molar-refractivity contribution in [1.82, 2.24) is 9.80 Å². The van der Waals surface area contributed by atoms with Crippen LogP contribution in [0.5, 0.6) is 0 Å². The highest BCUT2D eigenvalue weighted by atomic mass is 35.5. The van der Waals surface area contributed by atoms with Crippen LogP contribution in [0.2, 0.25) is 5.02 Å². The summed E-state index contributed by atoms with van der Waals surface area (Å²) in [6.07, 6.45) is 10.1. The van der Waals surface area contributed by atoms with E-state index in [-0.39, 0.29) is 27.4 Å². The van der Waals surface area contributed by atoms with Crippen molar-refractivity contribution in [3.05, 3.63) is 71.2 Å². The minimum atomic E-state index is -3.94. The van der Waals surface area contributed by atoms with Crippen molar-refractivity contribution in [3.8, 4) is 0 Å². The fraction of sp³-hybridized carbons (Fsp3) is 0.471. The van der Waals surface area contributed by atoms with Crippen molar-refractivity contribution in [3.63, 3.8) is 0 Å². The maximum Gasteiger partial charge on any atom is 0.261 e. The van der Waals surface area contributed by atoms with E-state index < -0.39 is 15.9 Å². The molecule has 0 spiro atoms. The molecule has 2 aliphatic heterocycles. The van der Waals surface area contributed by atoms with Crippen LogP contribution in [0.4, 0.5) is 5.69 Å². The van der Waals surface area contributed by atoms with Crippen LogP contribution in [-0.4, -0.2) is 56.2 Å². The summed E-state index contributed by atoms with van der Waals surface area (Å²) < 4.78 is 29.5. The summed E-state index contributed by atoms with van der Waals surface area (Å²) in [4.78, 5) is 31.0. The molecule has 5 rings (SSSR count). The minimum Gasteiger partial charge on any atom is -0.343 e. The summed E-state index contributed by atoms with van der Waals surface area (Å²) in [5, 5.41) is 2.03. The molecule has 1 unspecified atom stereocenters. The van der Waals surface area contributed by atoms with Crippen LogP contribution in [0.25, 0.3) is 10.8 Å². The van der Waals surface area contributed by atoms with Gasteiger partial charge in [0.2, 0.25) is 11.8 Å². The van der Waals surface area contributed by atoms with E-state index in [2.05, 4.69) is 4.72 Å². The molecule has 2 aliphatic rings. The standard InChI is InChI=1S/C34H42ClN3O4S/c35-31-19-17-28(25-32(31)36-43(41,42)29-18-16-26-12-5-6-13-27(26)24-29)30(34(40)38-22-9-3-4-10-23-38)14-11-15-33(39)37-20-7-1-2-8-21-37/h5-6,12-13,16-19,24-25,30,36H,1-4,7-11,14-15,20-23H2. The molecule has 1 N–H and O–H groups in total. The predicted octanol–water partition coefficient (Wildman–Crippen LogP) is 7.35. The topological polar surface area (TPSA) is 86.8 Å². The van der Waals surface area contributed by atoms with Gasteiger partial charge in [-0.2, -0.15) is 0 Å². The summed E-state index contributed by atoms with van der Waals surface area (Å²) in [5.74, 6) is -0.297. The fourth-order valence-corrected chi connectivity index (χ4v) is 7.58. The number of hydrogen-bond acceptors (Lipinski definition) is 4. The number of nitrogens with one attached hydrogen (secondary N) is 1. The van der Waals surface area contributed by atoms with Gasteiger partial charge in [-0.05, 0) is 79.1 Å². The van der Waals surface area contributed by atoms with E-state index in [1.807, 2.05) is 40.1 Å². The lowest BCUT2D eigenvalue weighted by Gasteiger charge is -2.27. The number of anilines is 1. The van der Waals surface area contributed by atoms with Crippen LogP contribution in [-0.2, 0) is 19.6 Å². The van der Waals surface area contributed by atoms with Gasteiger partial charge in [0.15, 0.2) is 0 Å². The molecular formula is C34H42ClN3O4S. The number of benzene rings is 3. The lowest BCUT2D eigenvalue weighted by atomic mass is 9.91. The highest BCUT2D eigenvalue weighted by molar-refractivity contribution is 7.92. The normalized spacial score (nSPS) is 17.2. The third-order valence-corrected chi connectivity index (χ3v) is 10.4. The number of sulfonamides is 1. The third-order valence-electron chi connectivity index (χ3n) is 8.73. The van der Waals surface area contributed by atoms with Gasteiger partial charge in [0.25, 0.3) is 10.0 Å². The lowest BCUT2D eigenvalue weighted by Crippen LogP contribution is -2.36. The molecule has 43 heavy (non-hydrogen) atoms. The maximum atomic E-state index is 14.0. The Bertz CT molecular complexity index is 1530. The van der Waals surface area contributed by atoms with Gasteiger partial charge in [-0.25, -0.2) is 8.42 Å². The van der Waals surface area contributed by atoms with E-state index in [0.717, 1.165) is 75.5 Å². The highest BCUT2D eigenvalue weighted by Crippen LogP contribution is 2.33. The summed E-state index contributed by atoms with van der Waals surface area (Å²) in [5.41, 5.74) is 0.943. The average molecular weight is 624 g/mol. The number of nitrogens with zero attached hydrogens (tertiary/aromatic N) is 2. The number of carbonyl (C=O) groups excluding carboxylic acids is 2. The Balaban J connectivity index is 1.37. The van der Waals surface area contributed by atoms with E-state index in [0.29, 0.717) is 24.8 Å². The predicted molar refractivity (Wildman–Crippen MR) is 173 cm³/mol. The summed E-state index contributed by atoms with van der Waals surface area (Å²) in [7, 11) is -3.94. The number of amides is 2. The number of fused-ring (bicyclic) bond motifs is 1. The first-order chi connectivity index (χ1) is 20.8. The van der Waals surface area contributed by atoms with Crippen LogP contribution < -0.4 is 4.72 Å². The van der Waals surface area contributed by atoms with E-state index in [1.165, 1.54) is 12.8 Å². The van der Waals surface area contributed by atoms with Crippen molar-refractivity contribution < 1.29 is 18.0 Å². The Labute approximate surface area is 260 Å². The van der Waals surface area contributed by atoms with Gasteiger partial charge in [0, 0.05) is 32.6 Å². The smallest absolute Gasteiger partial charge is 0.261 e. The zero-order valence-electron chi connectivity index (χ0n) is 24.8. The van der Waals surface area contributed by atoms with E-state index in [1.54, 1.807) is 30.3 Å². The molecule has 2 saturated heterocycles. The summed E-state index contributed by atoms with van der Waals surface area (Å²) in [6, 6.07) is 17.7. The summed E-state index contributed by atoms with van der Waals surface area (Å²) >= 11 is 6.51. The zero-order valence-corrected chi connectivity index (χ0v) is 26.3. The molecule has 2 fully saturated rings. The number of hydrogen-bond donors (Lipinski definition) is 1. The molecule has 2 heterocycles. The van der Waals surface area contributed by atoms with Crippen LogP contribution in [0.15, 0.2) is 65.6 Å². The monoisotopic (exact) mass is 623 g/mol. The molecule has 3 aromatic carbocycles. The SMILES string of the molecule is O=C(CCCC(C(=O)N1CCCCCC1)c1ccc(Cl)c(NS(=O)(=O)c2ccc3ccccc3c2)c1)N1CCCCCC1. The van der Waals surface area contributed by atoms with Crippen molar-refractivity contribution >= 4 is 49.9 Å². The van der Waals surface area contributed by atoms with Gasteiger partial charge in [-0.3, -0.25) is 14.3 Å². The van der Waals surface area contributed by atoms with Gasteiger partial charge in [-0.15, -0.1) is 0 Å². The Morgan fingerprint density at radius 3 is 2.07 bits per heavy atom. The molecule has 0 aliphatic carbocycles. The van der Waals surface area contributed by atoms with Crippen molar-refractivity contribution in [2.45, 2.75) is 81.4 Å². The molecule has 9 heteroatoms. The molecule has 0 radical (unpaired) electrons. The molecule has 0 aromatic heterocycles. The molecule has 2 amide bonds. The van der Waals surface area contributed by atoms with E-state index in [4.69, 9.17) is 11.6 Å². The Morgan fingerprint density at radius 1 is 0.767 bits per heavy atom. The van der Waals surface area contributed by atoms with Crippen molar-refractivity contribution in [2.75, 3.05) is 30.9 Å². The second-order valence-corrected chi connectivity index (χ2v) is 13.9. The summed E-state index contributed by atoms with van der Waals surface area (Å²) in [6.45, 7) is 3.06. The van der Waals surface area contributed by atoms with E-state index >= 15 is 0 Å². The van der Waals surface area contributed by atoms with Crippen LogP contribution in [0, 0.1) is 0 Å². The minimum absolute atomic E-state index is 0.0368. The lowest BCUT2D eigenvalue weighted by molar-refractivity contribution is -0.134. The molecule has 1 atom stereocenters. The number of carbonyl (C=O) groups is 2. The number of likely N-dealkylation sites (tertiary alicyclic amines) is 2. The quantitative estimate of drug-likeness (QED) is 0.270. The Kier molecular flexibility index (Phi) is 10.6. The Hall–Kier alpha value is -3.10. The van der Waals surface area contributed by atoms with Crippen LogP contribution in [0.3, 0.4) is 0 Å². The molecule has 7 nitrogen and oxygen atoms in total. The largest absolute Gasteiger partial charge is 0.343 e. The molecule has 0 saturated carbocycles. The zero-order chi connectivity index (χ0) is 30.2. The first-order valence-corrected chi connectivity index (χ1v) is 17.6. The van der Waals surface area contributed by atoms with Gasteiger partial charge in [0.1, 0.15) is 0 Å². The van der Waals surface area contributed by atoms with Crippen LogP contribution in [0.1, 0.15) is 82.1 Å². The Morgan fingerprint density at radius 2 is 1.40 bits per heavy atom. The maximum absolute atomic E-state index is 14.0. The number of rotatable bonds is 9. The van der Waals surface area contributed by atoms with Gasteiger partial charge < -0.3 is 9.80 Å². The highest BCUT2D eigenvalue weighted by Gasteiger charge is 2.28. The van der Waals surface area contributed by atoms with E-state index in [9.17, 15) is 18.0 Å². The molecular weight excluding hydrogens is 582 g/mol. The van der Waals surface area contributed by atoms with Gasteiger partial charge >= 0.3 is 0 Å². The third kappa shape index (κ3) is 8.09. The first-order valence-electron chi connectivity index (χ1n) is 15.7. The average Bonchev–Trinajstić information content (AvgIpc) is 3.46. The first kappa shape index (κ1) is 31.3. The van der Waals surface area contributed by atoms with Crippen molar-refractivity contribution in [1.29, 1.82) is 0 Å². The molecule has 230 valence electrons. The van der Waals surface area contributed by atoms with Crippen LogP contribution >= 0.6 is 11.6 Å². The fourth-order valence-electron chi connectivity index (χ4n) is 6.26. The van der Waals surface area contributed by atoms with Gasteiger partial charge in [-0.1, -0.05) is 73.7 Å². The number of halogens is 1. The second-order valence-electron chi connectivity index (χ2n) is 11.8. The molecule has 0 bridgehead atoms. The molecule has 3 aromatic rings. The van der Waals surface area contributed by atoms with Gasteiger partial charge in [0.05, 0.1) is 21.5 Å².